The number of β-amino-alcohol motifs (C(OH)–C–C–N with tert-alkyl or cyclic N) is 1. The Morgan fingerprint density at radius 1 is 1.33 bits per heavy atom. The van der Waals surface area contributed by atoms with Gasteiger partial charge in [-0.2, -0.15) is 5.26 Å². The average molecular weight is 327 g/mol. The molecule has 0 radical (unpaired) electrons. The summed E-state index contributed by atoms with van der Waals surface area (Å²) < 4.78 is 0. The van der Waals surface area contributed by atoms with Gasteiger partial charge in [0, 0.05) is 38.3 Å². The van der Waals surface area contributed by atoms with Crippen molar-refractivity contribution in [3.8, 4) is 6.07 Å². The minimum absolute atomic E-state index is 0.0115. The predicted octanol–water partition coefficient (Wildman–Crippen LogP) is 1.87. The largest absolute Gasteiger partial charge is 0.390 e. The molecule has 5 heteroatoms. The molecule has 2 aliphatic rings. The topological polar surface area (TPSA) is 67.6 Å². The molecule has 1 unspecified atom stereocenters. The number of nitriles is 1. The van der Waals surface area contributed by atoms with E-state index in [1.165, 1.54) is 25.7 Å². The van der Waals surface area contributed by atoms with Crippen LogP contribution in [-0.2, 0) is 0 Å². The highest BCUT2D eigenvalue weighted by atomic mass is 16.3. The van der Waals surface area contributed by atoms with E-state index in [1.54, 1.807) is 24.3 Å². The zero-order valence-corrected chi connectivity index (χ0v) is 14.2. The maximum Gasteiger partial charge on any atom is 0.253 e. The van der Waals surface area contributed by atoms with Gasteiger partial charge in [0.15, 0.2) is 0 Å². The molecule has 1 aromatic carbocycles. The highest BCUT2D eigenvalue weighted by molar-refractivity contribution is 5.94. The molecule has 1 saturated carbocycles. The van der Waals surface area contributed by atoms with Crippen molar-refractivity contribution in [2.45, 2.75) is 37.8 Å². The fourth-order valence-electron chi connectivity index (χ4n) is 3.93. The summed E-state index contributed by atoms with van der Waals surface area (Å²) in [6.07, 6.45) is 4.61. The number of hydrogen-bond donors (Lipinski definition) is 1. The minimum Gasteiger partial charge on any atom is -0.390 e. The van der Waals surface area contributed by atoms with Crippen LogP contribution in [0.25, 0.3) is 0 Å². The first-order valence-corrected chi connectivity index (χ1v) is 8.76. The lowest BCUT2D eigenvalue weighted by atomic mass is 9.94. The lowest BCUT2D eigenvalue weighted by Gasteiger charge is -2.42. The molecule has 3 rings (SSSR count). The lowest BCUT2D eigenvalue weighted by molar-refractivity contribution is -0.0166. The molecule has 1 saturated heterocycles. The summed E-state index contributed by atoms with van der Waals surface area (Å²) in [6.45, 7) is 2.25. The zero-order chi connectivity index (χ0) is 17.1. The van der Waals surface area contributed by atoms with Crippen LogP contribution < -0.4 is 0 Å². The van der Waals surface area contributed by atoms with E-state index in [-0.39, 0.29) is 18.1 Å². The van der Waals surface area contributed by atoms with Gasteiger partial charge in [-0.15, -0.1) is 0 Å². The number of likely N-dealkylation sites (tertiary alicyclic amines) is 1. The third-order valence-electron chi connectivity index (χ3n) is 5.41. The van der Waals surface area contributed by atoms with E-state index < -0.39 is 0 Å². The molecule has 0 spiro atoms. The summed E-state index contributed by atoms with van der Waals surface area (Å²) in [7, 11) is 1.89. The molecule has 1 aliphatic carbocycles. The van der Waals surface area contributed by atoms with E-state index in [0.717, 1.165) is 6.54 Å². The molecule has 0 bridgehead atoms. The molecule has 128 valence electrons. The third kappa shape index (κ3) is 3.61. The summed E-state index contributed by atoms with van der Waals surface area (Å²) in [5, 5.41) is 18.4. The molecule has 1 heterocycles. The monoisotopic (exact) mass is 327 g/mol. The number of carbonyl (C=O) groups excluding carboxylic acids is 1. The molecule has 1 aliphatic heterocycles. The Bertz CT molecular complexity index is 610. The molecule has 1 N–H and O–H groups in total. The maximum absolute atomic E-state index is 12.9. The Morgan fingerprint density at radius 3 is 2.50 bits per heavy atom. The predicted molar refractivity (Wildman–Crippen MR) is 91.4 cm³/mol. The number of carbonyl (C=O) groups is 1. The number of aliphatic hydroxyl groups excluding tert-OH is 1. The molecule has 24 heavy (non-hydrogen) atoms. The lowest BCUT2D eigenvalue weighted by Crippen LogP contribution is -2.57. The van der Waals surface area contributed by atoms with Gasteiger partial charge in [0.1, 0.15) is 0 Å². The summed E-state index contributed by atoms with van der Waals surface area (Å²) in [6, 6.07) is 9.11. The van der Waals surface area contributed by atoms with Crippen LogP contribution in [0.2, 0.25) is 0 Å². The first-order valence-electron chi connectivity index (χ1n) is 8.76. The molecule has 1 aromatic rings. The van der Waals surface area contributed by atoms with Crippen LogP contribution in [0.5, 0.6) is 0 Å². The first-order chi connectivity index (χ1) is 11.6. The highest BCUT2D eigenvalue weighted by Gasteiger charge is 2.35. The van der Waals surface area contributed by atoms with Crippen LogP contribution in [0.4, 0.5) is 0 Å². The molecule has 1 atom stereocenters. The van der Waals surface area contributed by atoms with Gasteiger partial charge >= 0.3 is 0 Å². The highest BCUT2D eigenvalue weighted by Crippen LogP contribution is 2.31. The SMILES string of the molecule is CN(C(=O)c1ccc(C#N)cc1)C(CN1CC(O)C1)C1CCCC1. The molecule has 1 amide bonds. The zero-order valence-electron chi connectivity index (χ0n) is 14.2. The number of amides is 1. The summed E-state index contributed by atoms with van der Waals surface area (Å²) in [5.74, 6) is 0.549. The van der Waals surface area contributed by atoms with Crippen molar-refractivity contribution in [3.63, 3.8) is 0 Å². The summed E-state index contributed by atoms with van der Waals surface area (Å²) in [4.78, 5) is 17.0. The minimum atomic E-state index is -0.214. The van der Waals surface area contributed by atoms with Crippen LogP contribution in [0.15, 0.2) is 24.3 Å². The number of benzene rings is 1. The third-order valence-corrected chi connectivity index (χ3v) is 5.41. The van der Waals surface area contributed by atoms with Crippen LogP contribution in [0.1, 0.15) is 41.6 Å². The van der Waals surface area contributed by atoms with E-state index in [2.05, 4.69) is 11.0 Å². The number of nitrogens with zero attached hydrogens (tertiary/aromatic N) is 3. The van der Waals surface area contributed by atoms with E-state index in [0.29, 0.717) is 30.1 Å². The molecule has 5 nitrogen and oxygen atoms in total. The van der Waals surface area contributed by atoms with Crippen molar-refractivity contribution < 1.29 is 9.90 Å². The van der Waals surface area contributed by atoms with Crippen molar-refractivity contribution in [3.05, 3.63) is 35.4 Å². The van der Waals surface area contributed by atoms with Gasteiger partial charge in [0.2, 0.25) is 0 Å². The van der Waals surface area contributed by atoms with E-state index in [9.17, 15) is 9.90 Å². The smallest absolute Gasteiger partial charge is 0.253 e. The van der Waals surface area contributed by atoms with Gasteiger partial charge in [0.05, 0.1) is 17.7 Å². The Balaban J connectivity index is 1.72. The molecular weight excluding hydrogens is 302 g/mol. The number of hydrogen-bond acceptors (Lipinski definition) is 4. The van der Waals surface area contributed by atoms with Crippen molar-refractivity contribution in [2.24, 2.45) is 5.92 Å². The quantitative estimate of drug-likeness (QED) is 0.896. The van der Waals surface area contributed by atoms with Crippen molar-refractivity contribution >= 4 is 5.91 Å². The number of likely N-dealkylation sites (N-methyl/N-ethyl adjacent to an activating group) is 1. The van der Waals surface area contributed by atoms with Crippen molar-refractivity contribution in [1.29, 1.82) is 5.26 Å². The van der Waals surface area contributed by atoms with Gasteiger partial charge in [-0.25, -0.2) is 0 Å². The summed E-state index contributed by atoms with van der Waals surface area (Å²) in [5.41, 5.74) is 1.19. The Morgan fingerprint density at radius 2 is 1.96 bits per heavy atom. The Kier molecular flexibility index (Phi) is 5.17. The second-order valence-electron chi connectivity index (χ2n) is 7.09. The van der Waals surface area contributed by atoms with E-state index >= 15 is 0 Å². The second-order valence-corrected chi connectivity index (χ2v) is 7.09. The fraction of sp³-hybridized carbons (Fsp3) is 0.579. The number of rotatable bonds is 5. The second kappa shape index (κ2) is 7.33. The van der Waals surface area contributed by atoms with Crippen molar-refractivity contribution in [2.75, 3.05) is 26.7 Å². The van der Waals surface area contributed by atoms with E-state index in [4.69, 9.17) is 5.26 Å². The molecule has 0 aromatic heterocycles. The first kappa shape index (κ1) is 16.9. The van der Waals surface area contributed by atoms with Crippen LogP contribution in [0.3, 0.4) is 0 Å². The fourth-order valence-corrected chi connectivity index (χ4v) is 3.93. The molecular formula is C19H25N3O2. The van der Waals surface area contributed by atoms with Crippen LogP contribution >= 0.6 is 0 Å². The Hall–Kier alpha value is -1.90. The molecule has 2 fully saturated rings. The van der Waals surface area contributed by atoms with Gasteiger partial charge in [-0.05, 0) is 43.0 Å². The van der Waals surface area contributed by atoms with Gasteiger partial charge in [-0.1, -0.05) is 12.8 Å². The maximum atomic E-state index is 12.9. The average Bonchev–Trinajstić information content (AvgIpc) is 3.10. The van der Waals surface area contributed by atoms with E-state index in [1.807, 2.05) is 11.9 Å². The van der Waals surface area contributed by atoms with Crippen LogP contribution in [0, 0.1) is 17.2 Å². The normalized spacial score (nSPS) is 20.4. The van der Waals surface area contributed by atoms with Crippen molar-refractivity contribution in [1.82, 2.24) is 9.80 Å². The van der Waals surface area contributed by atoms with Gasteiger partial charge in [-0.3, -0.25) is 9.69 Å². The number of aliphatic hydroxyl groups is 1. The van der Waals surface area contributed by atoms with Crippen LogP contribution in [-0.4, -0.2) is 59.6 Å². The Labute approximate surface area is 143 Å². The summed E-state index contributed by atoms with van der Waals surface area (Å²) >= 11 is 0. The van der Waals surface area contributed by atoms with Gasteiger partial charge in [0.25, 0.3) is 5.91 Å². The van der Waals surface area contributed by atoms with Gasteiger partial charge < -0.3 is 10.0 Å². The standard InChI is InChI=1S/C19H25N3O2/c1-21(19(24)16-8-6-14(10-20)7-9-16)18(15-4-2-3-5-15)13-22-11-17(23)12-22/h6-9,15,17-18,23H,2-5,11-13H2,1H3.